The van der Waals surface area contributed by atoms with Gasteiger partial charge in [-0.2, -0.15) is 0 Å². The Morgan fingerprint density at radius 3 is 2.35 bits per heavy atom. The van der Waals surface area contributed by atoms with Crippen LogP contribution in [0.5, 0.6) is 0 Å². The summed E-state index contributed by atoms with van der Waals surface area (Å²) in [5.74, 6) is 0.725. The molecule has 0 aliphatic carbocycles. The average molecular weight is 308 g/mol. The zero-order valence-corrected chi connectivity index (χ0v) is 14.1. The predicted octanol–water partition coefficient (Wildman–Crippen LogP) is 2.66. The number of aliphatic hydroxyl groups excluding tert-OH is 1. The first-order valence-corrected chi connectivity index (χ1v) is 8.76. The van der Waals surface area contributed by atoms with Crippen LogP contribution >= 0.6 is 0 Å². The molecular weight excluding hydrogens is 281 g/mol. The van der Waals surface area contributed by atoms with Crippen LogP contribution in [-0.4, -0.2) is 37.2 Å². The third-order valence-electron chi connectivity index (χ3n) is 5.26. The average Bonchev–Trinajstić information content (AvgIpc) is 2.57. The van der Waals surface area contributed by atoms with Gasteiger partial charge in [0.2, 0.25) is 0 Å². The Bertz CT molecular complexity index is 621. The lowest BCUT2D eigenvalue weighted by atomic mass is 9.86. The monoisotopic (exact) mass is 308 g/mol. The first-order chi connectivity index (χ1) is 11.2. The molecule has 0 atom stereocenters. The number of aliphatic hydroxyl groups is 1. The van der Waals surface area contributed by atoms with Gasteiger partial charge in [0.15, 0.2) is 0 Å². The number of hydrogen-bond acceptors (Lipinski definition) is 1. The summed E-state index contributed by atoms with van der Waals surface area (Å²) >= 11 is 0. The predicted molar refractivity (Wildman–Crippen MR) is 97.9 cm³/mol. The second kappa shape index (κ2) is 7.33. The Balaban J connectivity index is 1.62. The van der Waals surface area contributed by atoms with Gasteiger partial charge < -0.3 is 9.50 Å². The van der Waals surface area contributed by atoms with E-state index in [-0.39, 0.29) is 6.61 Å². The van der Waals surface area contributed by atoms with Gasteiger partial charge in [0.25, 0.3) is 0 Å². The molecule has 0 radical (unpaired) electrons. The largest absolute Gasteiger partial charge is 0.396 e. The normalized spacial score (nSPS) is 24.5. The Morgan fingerprint density at radius 2 is 1.65 bits per heavy atom. The van der Waals surface area contributed by atoms with Crippen LogP contribution < -0.4 is 0 Å². The van der Waals surface area contributed by atoms with E-state index in [1.54, 1.807) is 0 Å². The van der Waals surface area contributed by atoms with Gasteiger partial charge >= 0.3 is 7.98 Å². The number of nitrogens with zero attached hydrogens (tertiary/aromatic N) is 1. The van der Waals surface area contributed by atoms with Crippen molar-refractivity contribution < 1.29 is 9.50 Å². The summed E-state index contributed by atoms with van der Waals surface area (Å²) in [5.41, 5.74) is 4.15. The van der Waals surface area contributed by atoms with E-state index in [4.69, 9.17) is 5.11 Å². The van der Waals surface area contributed by atoms with E-state index < -0.39 is 0 Å². The van der Waals surface area contributed by atoms with Crippen LogP contribution in [0.25, 0.3) is 0 Å². The summed E-state index contributed by atoms with van der Waals surface area (Å²) in [6.07, 6.45) is 3.31. The molecule has 1 saturated heterocycles. The van der Waals surface area contributed by atoms with Gasteiger partial charge in [-0.3, -0.25) is 0 Å². The maximum absolute atomic E-state index is 9.12. The van der Waals surface area contributed by atoms with Crippen LogP contribution in [-0.2, 0) is 13.0 Å². The first-order valence-electron chi connectivity index (χ1n) is 8.76. The fourth-order valence-electron chi connectivity index (χ4n) is 3.86. The molecule has 3 heteroatoms. The molecule has 0 aromatic heterocycles. The highest BCUT2D eigenvalue weighted by Gasteiger charge is 2.30. The van der Waals surface area contributed by atoms with Gasteiger partial charge in [0.1, 0.15) is 0 Å². The second-order valence-electron chi connectivity index (χ2n) is 7.20. The van der Waals surface area contributed by atoms with Gasteiger partial charge in [-0.1, -0.05) is 54.6 Å². The number of piperidine rings is 1. The van der Waals surface area contributed by atoms with E-state index in [0.717, 1.165) is 23.3 Å². The molecule has 1 N–H and O–H groups in total. The minimum atomic E-state index is 0.230. The second-order valence-corrected chi connectivity index (χ2v) is 7.20. The number of rotatable bonds is 5. The molecular formula is C20H27BNO+. The van der Waals surface area contributed by atoms with E-state index in [9.17, 15) is 0 Å². The SMILES string of the molecule is B[N+]1(Cc2cccc(CCO)c2)CCC(c2ccccc2)CC1. The smallest absolute Gasteiger partial charge is 0.373 e. The van der Waals surface area contributed by atoms with E-state index in [0.29, 0.717) is 0 Å². The molecule has 1 aliphatic heterocycles. The molecule has 1 fully saturated rings. The van der Waals surface area contributed by atoms with Crippen LogP contribution in [0.4, 0.5) is 0 Å². The molecule has 1 heterocycles. The van der Waals surface area contributed by atoms with Crippen molar-refractivity contribution in [3.05, 3.63) is 71.3 Å². The third kappa shape index (κ3) is 4.24. The molecule has 2 aromatic carbocycles. The van der Waals surface area contributed by atoms with Crippen molar-refractivity contribution in [2.75, 3.05) is 19.7 Å². The fraction of sp³-hybridized carbons (Fsp3) is 0.400. The van der Waals surface area contributed by atoms with Crippen LogP contribution in [0.3, 0.4) is 0 Å². The van der Waals surface area contributed by atoms with Gasteiger partial charge in [0, 0.05) is 25.0 Å². The molecule has 120 valence electrons. The van der Waals surface area contributed by atoms with Crippen molar-refractivity contribution in [1.82, 2.24) is 0 Å². The van der Waals surface area contributed by atoms with Crippen LogP contribution in [0.2, 0.25) is 0 Å². The zero-order chi connectivity index (χ0) is 16.1. The highest BCUT2D eigenvalue weighted by atomic mass is 16.2. The molecule has 0 saturated carbocycles. The summed E-state index contributed by atoms with van der Waals surface area (Å²) in [7, 11) is 2.39. The Hall–Kier alpha value is -1.58. The van der Waals surface area contributed by atoms with E-state index >= 15 is 0 Å². The lowest BCUT2D eigenvalue weighted by Gasteiger charge is -2.42. The summed E-state index contributed by atoms with van der Waals surface area (Å²) in [6, 6.07) is 19.7. The molecule has 1 aliphatic rings. The van der Waals surface area contributed by atoms with Gasteiger partial charge in [-0.25, -0.2) is 0 Å². The molecule has 23 heavy (non-hydrogen) atoms. The molecule has 0 amide bonds. The quantitative estimate of drug-likeness (QED) is 0.842. The maximum atomic E-state index is 9.12. The fourth-order valence-corrected chi connectivity index (χ4v) is 3.86. The topological polar surface area (TPSA) is 20.2 Å². The van der Waals surface area contributed by atoms with Crippen LogP contribution in [0.15, 0.2) is 54.6 Å². The molecule has 0 bridgehead atoms. The van der Waals surface area contributed by atoms with Crippen molar-refractivity contribution >= 4 is 7.98 Å². The highest BCUT2D eigenvalue weighted by Crippen LogP contribution is 2.31. The van der Waals surface area contributed by atoms with E-state index in [1.807, 2.05) is 0 Å². The van der Waals surface area contributed by atoms with Crippen LogP contribution in [0, 0.1) is 0 Å². The summed E-state index contributed by atoms with van der Waals surface area (Å²) in [5, 5.41) is 9.12. The van der Waals surface area contributed by atoms with E-state index in [1.165, 1.54) is 42.6 Å². The third-order valence-corrected chi connectivity index (χ3v) is 5.26. The van der Waals surface area contributed by atoms with Gasteiger partial charge in [-0.05, 0) is 23.5 Å². The summed E-state index contributed by atoms with van der Waals surface area (Å²) < 4.78 is 1.13. The Kier molecular flexibility index (Phi) is 5.19. The number of benzene rings is 2. The maximum Gasteiger partial charge on any atom is 0.373 e. The highest BCUT2D eigenvalue weighted by molar-refractivity contribution is 5.97. The number of likely N-dealkylation sites (tertiary alicyclic amines) is 1. The minimum Gasteiger partial charge on any atom is -0.396 e. The zero-order valence-electron chi connectivity index (χ0n) is 14.1. The molecule has 3 rings (SSSR count). The van der Waals surface area contributed by atoms with Crippen LogP contribution in [0.1, 0.15) is 35.4 Å². The van der Waals surface area contributed by atoms with Crippen molar-refractivity contribution in [3.8, 4) is 0 Å². The standard InChI is InChI=1S/C20H27BNO/c21-22(16-18-6-4-5-17(15-18)11-14-23)12-9-20(10-13-22)19-7-2-1-3-8-19/h1-8,15,20,23H,9-14,16,21H2/q+1. The summed E-state index contributed by atoms with van der Waals surface area (Å²) in [6.45, 7) is 3.81. The molecule has 2 nitrogen and oxygen atoms in total. The summed E-state index contributed by atoms with van der Waals surface area (Å²) in [4.78, 5) is 0. The first kappa shape index (κ1) is 16.3. The van der Waals surface area contributed by atoms with Crippen molar-refractivity contribution in [2.24, 2.45) is 0 Å². The molecule has 2 aromatic rings. The van der Waals surface area contributed by atoms with Crippen molar-refractivity contribution in [1.29, 1.82) is 0 Å². The number of hydrogen-bond donors (Lipinski definition) is 1. The Labute approximate surface area is 140 Å². The Morgan fingerprint density at radius 1 is 0.957 bits per heavy atom. The lowest BCUT2D eigenvalue weighted by molar-refractivity contribution is -0.836. The van der Waals surface area contributed by atoms with Crippen molar-refractivity contribution in [3.63, 3.8) is 0 Å². The molecule has 0 spiro atoms. The van der Waals surface area contributed by atoms with Gasteiger partial charge in [0.05, 0.1) is 19.6 Å². The lowest BCUT2D eigenvalue weighted by Crippen LogP contribution is -2.49. The number of quaternary nitrogens is 1. The van der Waals surface area contributed by atoms with E-state index in [2.05, 4.69) is 62.6 Å². The molecule has 0 unspecified atom stereocenters. The van der Waals surface area contributed by atoms with Crippen molar-refractivity contribution in [2.45, 2.75) is 31.7 Å². The minimum absolute atomic E-state index is 0.230. The van der Waals surface area contributed by atoms with Gasteiger partial charge in [-0.15, -0.1) is 0 Å².